The maximum atomic E-state index is 3.83. The molecule has 15 heavy (non-hydrogen) atoms. The zero-order valence-corrected chi connectivity index (χ0v) is 11.4. The maximum Gasteiger partial charge on any atom is 0.0252 e. The summed E-state index contributed by atoms with van der Waals surface area (Å²) in [5, 5.41) is 3.51. The molecule has 0 aliphatic rings. The SMILES string of the molecule is C=CCN(CC(C)(C)NCC)C(C)(C)C. The molecule has 0 heterocycles. The van der Waals surface area contributed by atoms with Crippen LogP contribution in [-0.2, 0) is 0 Å². The molecule has 0 amide bonds. The first-order chi connectivity index (χ1) is 6.73. The summed E-state index contributed by atoms with van der Waals surface area (Å²) in [6, 6.07) is 0. The Balaban J connectivity index is 4.46. The molecule has 0 aliphatic heterocycles. The van der Waals surface area contributed by atoms with Crippen LogP contribution in [0.4, 0.5) is 0 Å². The Kier molecular flexibility index (Phi) is 5.54. The largest absolute Gasteiger partial charge is 0.311 e. The van der Waals surface area contributed by atoms with E-state index in [1.165, 1.54) is 0 Å². The third-order valence-electron chi connectivity index (χ3n) is 2.54. The fraction of sp³-hybridized carbons (Fsp3) is 0.846. The van der Waals surface area contributed by atoms with E-state index < -0.39 is 0 Å². The first-order valence-corrected chi connectivity index (χ1v) is 5.84. The van der Waals surface area contributed by atoms with Crippen LogP contribution in [-0.4, -0.2) is 35.6 Å². The predicted octanol–water partition coefficient (Wildman–Crippen LogP) is 2.66. The molecule has 0 spiro atoms. The summed E-state index contributed by atoms with van der Waals surface area (Å²) >= 11 is 0. The van der Waals surface area contributed by atoms with Gasteiger partial charge in [0.1, 0.15) is 0 Å². The minimum Gasteiger partial charge on any atom is -0.311 e. The number of hydrogen-bond donors (Lipinski definition) is 1. The van der Waals surface area contributed by atoms with E-state index in [1.54, 1.807) is 0 Å². The average molecular weight is 212 g/mol. The van der Waals surface area contributed by atoms with Gasteiger partial charge in [0.25, 0.3) is 0 Å². The summed E-state index contributed by atoms with van der Waals surface area (Å²) in [4.78, 5) is 2.45. The highest BCUT2D eigenvalue weighted by atomic mass is 15.2. The van der Waals surface area contributed by atoms with E-state index in [4.69, 9.17) is 0 Å². The zero-order valence-electron chi connectivity index (χ0n) is 11.4. The molecule has 0 aromatic heterocycles. The van der Waals surface area contributed by atoms with Gasteiger partial charge in [0.05, 0.1) is 0 Å². The van der Waals surface area contributed by atoms with Crippen molar-refractivity contribution >= 4 is 0 Å². The van der Waals surface area contributed by atoms with Crippen LogP contribution >= 0.6 is 0 Å². The van der Waals surface area contributed by atoms with Gasteiger partial charge in [0, 0.05) is 24.2 Å². The number of rotatable bonds is 6. The van der Waals surface area contributed by atoms with Crippen molar-refractivity contribution in [3.63, 3.8) is 0 Å². The summed E-state index contributed by atoms with van der Waals surface area (Å²) in [6.45, 7) is 20.2. The molecule has 0 aromatic carbocycles. The standard InChI is InChI=1S/C13H28N2/c1-8-10-15(12(3,4)5)11-13(6,7)14-9-2/h8,14H,1,9-11H2,2-7H3. The molecule has 1 N–H and O–H groups in total. The van der Waals surface area contributed by atoms with Gasteiger partial charge in [-0.2, -0.15) is 0 Å². The molecule has 0 aromatic rings. The van der Waals surface area contributed by atoms with Gasteiger partial charge < -0.3 is 5.32 Å². The van der Waals surface area contributed by atoms with Crippen molar-refractivity contribution in [3.05, 3.63) is 12.7 Å². The van der Waals surface area contributed by atoms with Crippen molar-refractivity contribution in [3.8, 4) is 0 Å². The van der Waals surface area contributed by atoms with Gasteiger partial charge in [0.15, 0.2) is 0 Å². The van der Waals surface area contributed by atoms with Crippen LogP contribution in [0.2, 0.25) is 0 Å². The summed E-state index contributed by atoms with van der Waals surface area (Å²) in [5.74, 6) is 0. The molecule has 0 unspecified atom stereocenters. The van der Waals surface area contributed by atoms with Gasteiger partial charge >= 0.3 is 0 Å². The van der Waals surface area contributed by atoms with Crippen molar-refractivity contribution in [1.29, 1.82) is 0 Å². The average Bonchev–Trinajstić information content (AvgIpc) is 2.01. The minimum atomic E-state index is 0.158. The van der Waals surface area contributed by atoms with Crippen molar-refractivity contribution in [2.45, 2.75) is 52.6 Å². The monoisotopic (exact) mass is 212 g/mol. The summed E-state index contributed by atoms with van der Waals surface area (Å²) in [7, 11) is 0. The molecule has 2 heteroatoms. The fourth-order valence-corrected chi connectivity index (χ4v) is 1.74. The number of likely N-dealkylation sites (N-methyl/N-ethyl adjacent to an activating group) is 1. The molecule has 0 atom stereocenters. The normalized spacial score (nSPS) is 13.3. The molecule has 0 rings (SSSR count). The molecule has 0 bridgehead atoms. The lowest BCUT2D eigenvalue weighted by Gasteiger charge is -2.40. The molecule has 2 nitrogen and oxygen atoms in total. The topological polar surface area (TPSA) is 15.3 Å². The third-order valence-corrected chi connectivity index (χ3v) is 2.54. The Labute approximate surface area is 95.7 Å². The Morgan fingerprint density at radius 1 is 1.20 bits per heavy atom. The van der Waals surface area contributed by atoms with E-state index in [0.717, 1.165) is 19.6 Å². The molecule has 0 saturated carbocycles. The lowest BCUT2D eigenvalue weighted by atomic mass is 9.99. The Morgan fingerprint density at radius 2 is 1.73 bits per heavy atom. The van der Waals surface area contributed by atoms with Gasteiger partial charge in [-0.25, -0.2) is 0 Å². The van der Waals surface area contributed by atoms with Crippen LogP contribution in [0.5, 0.6) is 0 Å². The molecular formula is C13H28N2. The molecule has 0 aliphatic carbocycles. The second-order valence-electron chi connectivity index (χ2n) is 5.75. The number of nitrogens with one attached hydrogen (secondary N) is 1. The minimum absolute atomic E-state index is 0.158. The van der Waals surface area contributed by atoms with Gasteiger partial charge in [0.2, 0.25) is 0 Å². The summed E-state index contributed by atoms with van der Waals surface area (Å²) in [6.07, 6.45) is 1.98. The highest BCUT2D eigenvalue weighted by Crippen LogP contribution is 2.17. The summed E-state index contributed by atoms with van der Waals surface area (Å²) < 4.78 is 0. The van der Waals surface area contributed by atoms with Crippen LogP contribution < -0.4 is 5.32 Å². The van der Waals surface area contributed by atoms with Gasteiger partial charge in [-0.05, 0) is 41.2 Å². The number of nitrogens with zero attached hydrogens (tertiary/aromatic N) is 1. The smallest absolute Gasteiger partial charge is 0.0252 e. The number of hydrogen-bond acceptors (Lipinski definition) is 2. The maximum absolute atomic E-state index is 3.83. The van der Waals surface area contributed by atoms with Crippen molar-refractivity contribution in [2.75, 3.05) is 19.6 Å². The van der Waals surface area contributed by atoms with Crippen LogP contribution in [0.15, 0.2) is 12.7 Å². The molecular weight excluding hydrogens is 184 g/mol. The second-order valence-corrected chi connectivity index (χ2v) is 5.75. The Morgan fingerprint density at radius 3 is 2.07 bits per heavy atom. The molecule has 0 saturated heterocycles. The van der Waals surface area contributed by atoms with Crippen molar-refractivity contribution in [2.24, 2.45) is 0 Å². The van der Waals surface area contributed by atoms with Gasteiger partial charge in [-0.15, -0.1) is 6.58 Å². The van der Waals surface area contributed by atoms with E-state index in [2.05, 4.69) is 58.3 Å². The van der Waals surface area contributed by atoms with Crippen molar-refractivity contribution in [1.82, 2.24) is 10.2 Å². The van der Waals surface area contributed by atoms with Crippen LogP contribution in [0, 0.1) is 0 Å². The van der Waals surface area contributed by atoms with E-state index in [-0.39, 0.29) is 11.1 Å². The highest BCUT2D eigenvalue weighted by Gasteiger charge is 2.26. The predicted molar refractivity (Wildman–Crippen MR) is 69.3 cm³/mol. The zero-order chi connectivity index (χ0) is 12.1. The van der Waals surface area contributed by atoms with E-state index in [9.17, 15) is 0 Å². The molecule has 0 radical (unpaired) electrons. The molecule has 0 fully saturated rings. The van der Waals surface area contributed by atoms with E-state index >= 15 is 0 Å². The first-order valence-electron chi connectivity index (χ1n) is 5.84. The van der Waals surface area contributed by atoms with Gasteiger partial charge in [-0.1, -0.05) is 13.0 Å². The van der Waals surface area contributed by atoms with Crippen LogP contribution in [0.1, 0.15) is 41.5 Å². The van der Waals surface area contributed by atoms with Crippen LogP contribution in [0.3, 0.4) is 0 Å². The third kappa shape index (κ3) is 5.95. The quantitative estimate of drug-likeness (QED) is 0.681. The van der Waals surface area contributed by atoms with Gasteiger partial charge in [-0.3, -0.25) is 4.90 Å². The molecule has 90 valence electrons. The van der Waals surface area contributed by atoms with E-state index in [0.29, 0.717) is 0 Å². The van der Waals surface area contributed by atoms with Crippen LogP contribution in [0.25, 0.3) is 0 Å². The first kappa shape index (κ1) is 14.7. The Bertz CT molecular complexity index is 189. The second kappa shape index (κ2) is 5.66. The van der Waals surface area contributed by atoms with Crippen molar-refractivity contribution < 1.29 is 0 Å². The Hall–Kier alpha value is -0.340. The fourth-order valence-electron chi connectivity index (χ4n) is 1.74. The summed E-state index contributed by atoms with van der Waals surface area (Å²) in [5.41, 5.74) is 0.353. The lowest BCUT2D eigenvalue weighted by molar-refractivity contribution is 0.115. The lowest BCUT2D eigenvalue weighted by Crippen LogP contribution is -2.54. The van der Waals surface area contributed by atoms with E-state index in [1.807, 2.05) is 6.08 Å². The highest BCUT2D eigenvalue weighted by molar-refractivity contribution is 4.89.